The highest BCUT2D eigenvalue weighted by atomic mass is 16.5. The molecule has 0 N–H and O–H groups in total. The van der Waals surface area contributed by atoms with Crippen molar-refractivity contribution in [2.24, 2.45) is 11.8 Å². The molecule has 0 aromatic heterocycles. The van der Waals surface area contributed by atoms with Crippen molar-refractivity contribution < 1.29 is 19.1 Å². The minimum Gasteiger partial charge on any atom is -0.493 e. The van der Waals surface area contributed by atoms with Gasteiger partial charge in [-0.15, -0.1) is 0 Å². The second-order valence-corrected chi connectivity index (χ2v) is 9.16. The smallest absolute Gasteiger partial charge is 0.233 e. The summed E-state index contributed by atoms with van der Waals surface area (Å²) in [7, 11) is 0. The summed E-state index contributed by atoms with van der Waals surface area (Å²) in [6, 6.07) is 13.8. The molecule has 0 amide bonds. The molecule has 0 aliphatic heterocycles. The summed E-state index contributed by atoms with van der Waals surface area (Å²) in [6.45, 7) is 10.1. The van der Waals surface area contributed by atoms with Gasteiger partial charge in [0.2, 0.25) is 11.6 Å². The third kappa shape index (κ3) is 8.96. The Morgan fingerprint density at radius 1 is 0.618 bits per heavy atom. The number of Topliss-reactive ketones (excluding diaryl/α,β-unsaturated/α-hetero) is 2. The maximum Gasteiger partial charge on any atom is 0.233 e. The van der Waals surface area contributed by atoms with Gasteiger partial charge in [-0.05, 0) is 73.2 Å². The molecule has 34 heavy (non-hydrogen) atoms. The van der Waals surface area contributed by atoms with E-state index in [9.17, 15) is 9.59 Å². The van der Waals surface area contributed by atoms with Gasteiger partial charge in [-0.1, -0.05) is 66.2 Å². The predicted octanol–water partition coefficient (Wildman–Crippen LogP) is 7.94. The quantitative estimate of drug-likeness (QED) is 0.175. The third-order valence-corrected chi connectivity index (χ3v) is 6.50. The molecule has 0 saturated heterocycles. The monoisotopic (exact) mass is 466 g/mol. The van der Waals surface area contributed by atoms with Crippen LogP contribution in [0.25, 0.3) is 0 Å². The molecule has 2 unspecified atom stereocenters. The first-order valence-corrected chi connectivity index (χ1v) is 13.1. The van der Waals surface area contributed by atoms with Crippen LogP contribution in [0.5, 0.6) is 11.5 Å². The van der Waals surface area contributed by atoms with E-state index in [1.54, 1.807) is 48.5 Å². The molecule has 2 rings (SSSR count). The first-order valence-electron chi connectivity index (χ1n) is 13.1. The van der Waals surface area contributed by atoms with E-state index in [-0.39, 0.29) is 0 Å². The Hall–Kier alpha value is -2.62. The summed E-state index contributed by atoms with van der Waals surface area (Å²) in [5.41, 5.74) is 0.745. The number of ketones is 2. The maximum absolute atomic E-state index is 12.7. The van der Waals surface area contributed by atoms with Crippen molar-refractivity contribution >= 4 is 11.6 Å². The molecule has 0 spiro atoms. The highest BCUT2D eigenvalue weighted by Crippen LogP contribution is 2.20. The van der Waals surface area contributed by atoms with E-state index in [0.717, 1.165) is 24.3 Å². The van der Waals surface area contributed by atoms with Crippen LogP contribution in [0.3, 0.4) is 0 Å². The van der Waals surface area contributed by atoms with Gasteiger partial charge in [-0.3, -0.25) is 9.59 Å². The second-order valence-electron chi connectivity index (χ2n) is 9.16. The number of benzene rings is 2. The zero-order valence-corrected chi connectivity index (χ0v) is 21.5. The fourth-order valence-electron chi connectivity index (χ4n) is 3.89. The van der Waals surface area contributed by atoms with Crippen LogP contribution in [-0.4, -0.2) is 24.8 Å². The molecule has 2 atom stereocenters. The lowest BCUT2D eigenvalue weighted by Crippen LogP contribution is -2.15. The first-order chi connectivity index (χ1) is 16.5. The Morgan fingerprint density at radius 3 is 1.26 bits per heavy atom. The molecule has 0 heterocycles. The van der Waals surface area contributed by atoms with Crippen LogP contribution >= 0.6 is 0 Å². The van der Waals surface area contributed by atoms with Gasteiger partial charge < -0.3 is 9.47 Å². The fourth-order valence-corrected chi connectivity index (χ4v) is 3.89. The molecule has 0 saturated carbocycles. The molecule has 0 aliphatic rings. The first kappa shape index (κ1) is 27.6. The van der Waals surface area contributed by atoms with Crippen LogP contribution < -0.4 is 9.47 Å². The summed E-state index contributed by atoms with van der Waals surface area (Å²) in [4.78, 5) is 25.4. The average Bonchev–Trinajstić information content (AvgIpc) is 2.88. The average molecular weight is 467 g/mol. The summed E-state index contributed by atoms with van der Waals surface area (Å²) >= 11 is 0. The summed E-state index contributed by atoms with van der Waals surface area (Å²) < 4.78 is 11.8. The SMILES string of the molecule is CCCCC(CC)COc1ccc(C(=O)C(=O)c2ccc(OCC(CC)CCCC)cc2)cc1. The van der Waals surface area contributed by atoms with Crippen LogP contribution in [0.1, 0.15) is 99.8 Å². The van der Waals surface area contributed by atoms with E-state index in [4.69, 9.17) is 9.47 Å². The van der Waals surface area contributed by atoms with Crippen molar-refractivity contribution in [2.45, 2.75) is 79.1 Å². The van der Waals surface area contributed by atoms with Gasteiger partial charge in [0.15, 0.2) is 0 Å². The minimum atomic E-state index is -0.514. The van der Waals surface area contributed by atoms with Crippen LogP contribution in [0, 0.1) is 11.8 Å². The normalized spacial score (nSPS) is 12.7. The molecule has 4 heteroatoms. The van der Waals surface area contributed by atoms with E-state index in [2.05, 4.69) is 27.7 Å². The molecule has 2 aromatic carbocycles. The topological polar surface area (TPSA) is 52.6 Å². The van der Waals surface area contributed by atoms with Gasteiger partial charge in [-0.2, -0.15) is 0 Å². The van der Waals surface area contributed by atoms with Gasteiger partial charge in [0.25, 0.3) is 0 Å². The fraction of sp³-hybridized carbons (Fsp3) is 0.533. The number of carbonyl (C=O) groups excluding carboxylic acids is 2. The van der Waals surface area contributed by atoms with Gasteiger partial charge in [0.1, 0.15) is 11.5 Å². The Morgan fingerprint density at radius 2 is 0.971 bits per heavy atom. The molecule has 186 valence electrons. The van der Waals surface area contributed by atoms with Gasteiger partial charge in [0, 0.05) is 11.1 Å². The lowest BCUT2D eigenvalue weighted by atomic mass is 10.00. The molecule has 4 nitrogen and oxygen atoms in total. The minimum absolute atomic E-state index is 0.373. The largest absolute Gasteiger partial charge is 0.493 e. The molecule has 2 aromatic rings. The predicted molar refractivity (Wildman–Crippen MR) is 139 cm³/mol. The van der Waals surface area contributed by atoms with E-state index in [1.807, 2.05) is 0 Å². The molecule has 0 radical (unpaired) electrons. The number of rotatable bonds is 17. The van der Waals surface area contributed by atoms with Crippen molar-refractivity contribution in [1.82, 2.24) is 0 Å². The van der Waals surface area contributed by atoms with Crippen LogP contribution in [-0.2, 0) is 0 Å². The van der Waals surface area contributed by atoms with Crippen LogP contribution in [0.2, 0.25) is 0 Å². The van der Waals surface area contributed by atoms with Crippen molar-refractivity contribution in [3.63, 3.8) is 0 Å². The second kappa shape index (κ2) is 15.3. The van der Waals surface area contributed by atoms with Crippen molar-refractivity contribution in [3.05, 3.63) is 59.7 Å². The number of hydrogen-bond acceptors (Lipinski definition) is 4. The highest BCUT2D eigenvalue weighted by Gasteiger charge is 2.19. The van der Waals surface area contributed by atoms with E-state index in [0.29, 0.717) is 36.2 Å². The number of carbonyl (C=O) groups is 2. The lowest BCUT2D eigenvalue weighted by Gasteiger charge is -2.16. The Labute approximate surface area is 206 Å². The van der Waals surface area contributed by atoms with Gasteiger partial charge in [-0.25, -0.2) is 0 Å². The number of hydrogen-bond donors (Lipinski definition) is 0. The van der Waals surface area contributed by atoms with E-state index in [1.165, 1.54) is 38.5 Å². The zero-order valence-electron chi connectivity index (χ0n) is 21.5. The lowest BCUT2D eigenvalue weighted by molar-refractivity contribution is 0.0817. The van der Waals surface area contributed by atoms with E-state index < -0.39 is 11.6 Å². The van der Waals surface area contributed by atoms with E-state index >= 15 is 0 Å². The van der Waals surface area contributed by atoms with Crippen LogP contribution in [0.15, 0.2) is 48.5 Å². The van der Waals surface area contributed by atoms with Crippen LogP contribution in [0.4, 0.5) is 0 Å². The van der Waals surface area contributed by atoms with Crippen molar-refractivity contribution in [2.75, 3.05) is 13.2 Å². The van der Waals surface area contributed by atoms with Gasteiger partial charge >= 0.3 is 0 Å². The van der Waals surface area contributed by atoms with Crippen molar-refractivity contribution in [3.8, 4) is 11.5 Å². The highest BCUT2D eigenvalue weighted by molar-refractivity contribution is 6.49. The Kier molecular flexibility index (Phi) is 12.4. The van der Waals surface area contributed by atoms with Crippen molar-refractivity contribution in [1.29, 1.82) is 0 Å². The molecule has 0 aliphatic carbocycles. The molecular formula is C30H42O4. The Balaban J connectivity index is 1.90. The summed E-state index contributed by atoms with van der Waals surface area (Å²) in [5.74, 6) is 1.51. The summed E-state index contributed by atoms with van der Waals surface area (Å²) in [5, 5.41) is 0. The summed E-state index contributed by atoms with van der Waals surface area (Å²) in [6.07, 6.45) is 9.32. The number of unbranched alkanes of at least 4 members (excludes halogenated alkanes) is 2. The molecule has 0 fully saturated rings. The number of ether oxygens (including phenoxy) is 2. The molecular weight excluding hydrogens is 424 g/mol. The van der Waals surface area contributed by atoms with Gasteiger partial charge in [0.05, 0.1) is 13.2 Å². The Bertz CT molecular complexity index is 781. The third-order valence-electron chi connectivity index (χ3n) is 6.50. The molecule has 0 bridgehead atoms. The standard InChI is InChI=1S/C30H42O4/c1-5-9-11-23(7-3)21-33-27-17-13-25(14-18-27)29(31)30(32)26-15-19-28(20-16-26)34-22-24(8-4)12-10-6-2/h13-20,23-24H,5-12,21-22H2,1-4H3. The maximum atomic E-state index is 12.7. The zero-order chi connectivity index (χ0) is 24.8.